The summed E-state index contributed by atoms with van der Waals surface area (Å²) in [4.78, 5) is 13.6. The Morgan fingerprint density at radius 2 is 2.25 bits per heavy atom. The molecule has 0 saturated heterocycles. The molecule has 0 radical (unpaired) electrons. The van der Waals surface area contributed by atoms with Gasteiger partial charge in [0, 0.05) is 18.5 Å². The number of aromatic nitrogens is 1. The van der Waals surface area contributed by atoms with E-state index in [4.69, 9.17) is 5.11 Å². The zero-order chi connectivity index (χ0) is 14.7. The lowest BCUT2D eigenvalue weighted by atomic mass is 10.0. The summed E-state index contributed by atoms with van der Waals surface area (Å²) in [6, 6.07) is 4.41. The van der Waals surface area contributed by atoms with Crippen molar-refractivity contribution < 1.29 is 20.1 Å². The highest BCUT2D eigenvalue weighted by atomic mass is 16.4. The topological polar surface area (TPSA) is 106 Å². The number of carboxylic acids is 1. The number of fused-ring (bicyclic) bond motifs is 1. The monoisotopic (exact) mass is 276 g/mol. The Morgan fingerprint density at radius 3 is 2.90 bits per heavy atom. The van der Waals surface area contributed by atoms with Crippen molar-refractivity contribution in [2.24, 2.45) is 0 Å². The van der Waals surface area contributed by atoms with Crippen LogP contribution in [0.15, 0.2) is 30.9 Å². The van der Waals surface area contributed by atoms with Crippen LogP contribution in [0.4, 0.5) is 0 Å². The Kier molecular flexibility index (Phi) is 4.07. The summed E-state index contributed by atoms with van der Waals surface area (Å²) in [6.45, 7) is 4.43. The van der Waals surface area contributed by atoms with Crippen molar-refractivity contribution in [3.05, 3.63) is 42.1 Å². The van der Waals surface area contributed by atoms with Gasteiger partial charge in [0.25, 0.3) is 0 Å². The highest BCUT2D eigenvalue weighted by Gasteiger charge is 2.17. The fourth-order valence-electron chi connectivity index (χ4n) is 2.06. The highest BCUT2D eigenvalue weighted by molar-refractivity contribution is 5.97. The van der Waals surface area contributed by atoms with Crippen LogP contribution in [-0.4, -0.2) is 39.4 Å². The van der Waals surface area contributed by atoms with Gasteiger partial charge < -0.3 is 25.6 Å². The van der Waals surface area contributed by atoms with Crippen molar-refractivity contribution in [3.63, 3.8) is 0 Å². The third-order valence-electron chi connectivity index (χ3n) is 3.02. The Balaban J connectivity index is 2.40. The number of hydrogen-bond donors (Lipinski definition) is 5. The number of aliphatic hydroxyl groups is 1. The Labute approximate surface area is 115 Å². The molecule has 0 amide bonds. The maximum Gasteiger partial charge on any atom is 0.352 e. The first-order chi connectivity index (χ1) is 9.54. The van der Waals surface area contributed by atoms with Crippen LogP contribution in [0.5, 0.6) is 5.75 Å². The summed E-state index contributed by atoms with van der Waals surface area (Å²) in [5.74, 6) is -1.17. The van der Waals surface area contributed by atoms with Crippen LogP contribution in [-0.2, 0) is 0 Å². The molecule has 2 rings (SSSR count). The largest absolute Gasteiger partial charge is 0.506 e. The zero-order valence-corrected chi connectivity index (χ0v) is 10.8. The van der Waals surface area contributed by atoms with Crippen molar-refractivity contribution >= 4 is 16.9 Å². The van der Waals surface area contributed by atoms with E-state index in [1.807, 2.05) is 0 Å². The normalized spacial score (nSPS) is 12.4. The molecule has 6 nitrogen and oxygen atoms in total. The van der Waals surface area contributed by atoms with Crippen LogP contribution in [0, 0.1) is 0 Å². The number of rotatable bonds is 6. The molecule has 0 aliphatic carbocycles. The van der Waals surface area contributed by atoms with Crippen molar-refractivity contribution in [1.29, 1.82) is 0 Å². The van der Waals surface area contributed by atoms with Crippen molar-refractivity contribution in [2.75, 3.05) is 13.1 Å². The van der Waals surface area contributed by atoms with E-state index < -0.39 is 12.1 Å². The number of benzene rings is 1. The fraction of sp³-hybridized carbons (Fsp3) is 0.214. The SMILES string of the molecule is C=CCNCC(O)c1ccc(O)c2[nH]c(C(=O)O)cc12. The molecule has 1 aromatic carbocycles. The quantitative estimate of drug-likeness (QED) is 0.405. The fourth-order valence-corrected chi connectivity index (χ4v) is 2.06. The van der Waals surface area contributed by atoms with Crippen molar-refractivity contribution in [1.82, 2.24) is 10.3 Å². The summed E-state index contributed by atoms with van der Waals surface area (Å²) < 4.78 is 0. The third-order valence-corrected chi connectivity index (χ3v) is 3.02. The average Bonchev–Trinajstić information content (AvgIpc) is 2.85. The molecule has 0 spiro atoms. The first-order valence-corrected chi connectivity index (χ1v) is 6.12. The Hall–Kier alpha value is -2.31. The number of aromatic amines is 1. The van der Waals surface area contributed by atoms with E-state index in [2.05, 4.69) is 16.9 Å². The molecule has 0 aliphatic heterocycles. The number of hydrogen-bond acceptors (Lipinski definition) is 4. The van der Waals surface area contributed by atoms with E-state index in [0.29, 0.717) is 29.6 Å². The number of aliphatic hydroxyl groups excluding tert-OH is 1. The predicted octanol–water partition coefficient (Wildman–Crippen LogP) is 1.38. The summed E-state index contributed by atoms with van der Waals surface area (Å²) >= 11 is 0. The van der Waals surface area contributed by atoms with Crippen LogP contribution in [0.1, 0.15) is 22.2 Å². The second-order valence-corrected chi connectivity index (χ2v) is 4.41. The summed E-state index contributed by atoms with van der Waals surface area (Å²) in [5, 5.41) is 32.4. The van der Waals surface area contributed by atoms with Crippen LogP contribution < -0.4 is 5.32 Å². The van der Waals surface area contributed by atoms with E-state index in [0.717, 1.165) is 0 Å². The first-order valence-electron chi connectivity index (χ1n) is 6.12. The summed E-state index contributed by atoms with van der Waals surface area (Å²) in [6.07, 6.45) is 0.869. The summed E-state index contributed by atoms with van der Waals surface area (Å²) in [5.41, 5.74) is 0.829. The molecule has 0 fully saturated rings. The average molecular weight is 276 g/mol. The highest BCUT2D eigenvalue weighted by Crippen LogP contribution is 2.31. The van der Waals surface area contributed by atoms with Gasteiger partial charge in [-0.15, -0.1) is 6.58 Å². The minimum Gasteiger partial charge on any atom is -0.506 e. The Morgan fingerprint density at radius 1 is 1.50 bits per heavy atom. The molecule has 1 heterocycles. The third kappa shape index (κ3) is 2.66. The zero-order valence-electron chi connectivity index (χ0n) is 10.8. The number of nitrogens with one attached hydrogen (secondary N) is 2. The number of carbonyl (C=O) groups is 1. The molecule has 1 unspecified atom stereocenters. The molecule has 1 atom stereocenters. The number of phenols is 1. The van der Waals surface area contributed by atoms with Crippen LogP contribution >= 0.6 is 0 Å². The maximum atomic E-state index is 11.0. The minimum absolute atomic E-state index is 0.0333. The predicted molar refractivity (Wildman–Crippen MR) is 74.9 cm³/mol. The lowest BCUT2D eigenvalue weighted by Crippen LogP contribution is -2.21. The van der Waals surface area contributed by atoms with Gasteiger partial charge in [-0.2, -0.15) is 0 Å². The number of H-pyrrole nitrogens is 1. The number of carboxylic acid groups (broad SMARTS) is 1. The standard InChI is InChI=1S/C14H16N2O4/c1-2-5-15-7-12(18)8-3-4-11(17)13-9(8)6-10(16-13)14(19)20/h2-4,6,12,15-18H,1,5,7H2,(H,19,20). The molecule has 6 heteroatoms. The number of aromatic hydroxyl groups is 1. The van der Waals surface area contributed by atoms with Crippen LogP contribution in [0.3, 0.4) is 0 Å². The van der Waals surface area contributed by atoms with Gasteiger partial charge in [0.15, 0.2) is 0 Å². The molecular weight excluding hydrogens is 260 g/mol. The smallest absolute Gasteiger partial charge is 0.352 e. The maximum absolute atomic E-state index is 11.0. The molecule has 5 N–H and O–H groups in total. The molecule has 0 saturated carbocycles. The lowest BCUT2D eigenvalue weighted by molar-refractivity contribution is 0.0691. The van der Waals surface area contributed by atoms with E-state index >= 15 is 0 Å². The minimum atomic E-state index is -1.12. The van der Waals surface area contributed by atoms with Crippen molar-refractivity contribution in [2.45, 2.75) is 6.10 Å². The molecular formula is C14H16N2O4. The van der Waals surface area contributed by atoms with Gasteiger partial charge in [-0.25, -0.2) is 4.79 Å². The van der Waals surface area contributed by atoms with Crippen LogP contribution in [0.25, 0.3) is 10.9 Å². The molecule has 20 heavy (non-hydrogen) atoms. The second-order valence-electron chi connectivity index (χ2n) is 4.41. The summed E-state index contributed by atoms with van der Waals surface area (Å²) in [7, 11) is 0. The van der Waals surface area contributed by atoms with Gasteiger partial charge in [0.1, 0.15) is 11.4 Å². The van der Waals surface area contributed by atoms with Gasteiger partial charge in [0.2, 0.25) is 0 Å². The van der Waals surface area contributed by atoms with Crippen molar-refractivity contribution in [3.8, 4) is 5.75 Å². The van der Waals surface area contributed by atoms with E-state index in [9.17, 15) is 15.0 Å². The first kappa shape index (κ1) is 14.1. The lowest BCUT2D eigenvalue weighted by Gasteiger charge is -2.13. The van der Waals surface area contributed by atoms with Gasteiger partial charge in [-0.3, -0.25) is 0 Å². The molecule has 0 aliphatic rings. The second kappa shape index (κ2) is 5.77. The molecule has 1 aromatic heterocycles. The van der Waals surface area contributed by atoms with Gasteiger partial charge in [0.05, 0.1) is 11.6 Å². The Bertz CT molecular complexity index is 648. The van der Waals surface area contributed by atoms with Gasteiger partial charge in [-0.1, -0.05) is 12.1 Å². The van der Waals surface area contributed by atoms with Gasteiger partial charge >= 0.3 is 5.97 Å². The number of aromatic carboxylic acids is 1. The van der Waals surface area contributed by atoms with Crippen LogP contribution in [0.2, 0.25) is 0 Å². The van der Waals surface area contributed by atoms with E-state index in [-0.39, 0.29) is 11.4 Å². The van der Waals surface area contributed by atoms with E-state index in [1.165, 1.54) is 12.1 Å². The number of phenolic OH excluding ortho intramolecular Hbond substituents is 1. The molecule has 0 bridgehead atoms. The molecule has 106 valence electrons. The molecule has 2 aromatic rings. The van der Waals surface area contributed by atoms with E-state index in [1.54, 1.807) is 12.1 Å². The van der Waals surface area contributed by atoms with Gasteiger partial charge in [-0.05, 0) is 17.7 Å².